The van der Waals surface area contributed by atoms with Gasteiger partial charge in [0.25, 0.3) is 0 Å². The molecule has 3 rings (SSSR count). The summed E-state index contributed by atoms with van der Waals surface area (Å²) in [7, 11) is 1.25. The third-order valence-electron chi connectivity index (χ3n) is 4.14. The first-order chi connectivity index (χ1) is 11.5. The molecule has 2 aliphatic rings. The first-order valence-electron chi connectivity index (χ1n) is 7.24. The van der Waals surface area contributed by atoms with E-state index >= 15 is 0 Å². The highest BCUT2D eigenvalue weighted by Gasteiger charge is 2.43. The maximum atomic E-state index is 12.3. The van der Waals surface area contributed by atoms with Gasteiger partial charge in [-0.05, 0) is 19.9 Å². The number of benzene rings is 1. The molecule has 0 amide bonds. The number of fused-ring (bicyclic) bond motifs is 1. The van der Waals surface area contributed by atoms with E-state index in [0.29, 0.717) is 28.5 Å². The zero-order valence-electron chi connectivity index (χ0n) is 13.3. The molecule has 2 atom stereocenters. The number of hydrogen-bond acceptors (Lipinski definition) is 7. The van der Waals surface area contributed by atoms with Gasteiger partial charge in [0.05, 0.1) is 12.7 Å². The van der Waals surface area contributed by atoms with Crippen LogP contribution in [0.25, 0.3) is 0 Å². The fraction of sp³-hybridized carbons (Fsp3) is 0.312. The van der Waals surface area contributed by atoms with E-state index in [4.69, 9.17) is 14.4 Å². The molecule has 0 saturated carbocycles. The summed E-state index contributed by atoms with van der Waals surface area (Å²) in [5.74, 6) is -2.76. The Bertz CT molecular complexity index is 783. The fourth-order valence-electron chi connectivity index (χ4n) is 3.14. The predicted octanol–water partition coefficient (Wildman–Crippen LogP) is 1.58. The smallest absolute Gasteiger partial charge is 0.336 e. The van der Waals surface area contributed by atoms with Gasteiger partial charge in [0.15, 0.2) is 11.5 Å². The van der Waals surface area contributed by atoms with Crippen molar-refractivity contribution in [2.24, 2.45) is 10.9 Å². The van der Waals surface area contributed by atoms with E-state index in [-0.39, 0.29) is 5.57 Å². The lowest BCUT2D eigenvalue weighted by molar-refractivity contribution is -0.140. The van der Waals surface area contributed by atoms with Crippen LogP contribution in [0.2, 0.25) is 0 Å². The number of esters is 1. The number of rotatable bonds is 3. The number of carboxylic acids is 1. The van der Waals surface area contributed by atoms with Crippen molar-refractivity contribution in [3.05, 3.63) is 35.0 Å². The van der Waals surface area contributed by atoms with Crippen LogP contribution in [0.4, 0.5) is 0 Å². The molecule has 2 heterocycles. The number of aliphatic imine (C=N–C) groups is 1. The number of para-hydroxylation sites is 1. The molecule has 0 fully saturated rings. The van der Waals surface area contributed by atoms with Crippen LogP contribution in [0.1, 0.15) is 25.3 Å². The molecule has 8 nitrogen and oxygen atoms in total. The molecule has 1 aromatic carbocycles. The number of carbonyl (C=O) groups excluding carboxylic acids is 1. The molecular weight excluding hydrogens is 316 g/mol. The van der Waals surface area contributed by atoms with Gasteiger partial charge in [-0.3, -0.25) is 9.79 Å². The minimum absolute atomic E-state index is 0.194. The van der Waals surface area contributed by atoms with Crippen LogP contribution in [0.15, 0.2) is 34.5 Å². The summed E-state index contributed by atoms with van der Waals surface area (Å²) < 4.78 is 4.85. The lowest BCUT2D eigenvalue weighted by Gasteiger charge is -2.30. The maximum Gasteiger partial charge on any atom is 0.336 e. The Balaban J connectivity index is 2.24. The van der Waals surface area contributed by atoms with E-state index in [9.17, 15) is 14.7 Å². The first kappa shape index (κ1) is 16.0. The Hall–Kier alpha value is -2.87. The summed E-state index contributed by atoms with van der Waals surface area (Å²) in [6, 6.07) is 5.08. The SMILES string of the molecule is COC(=O)C1=C(C)N=C(C)C(C(=O)O)C1c1cccc2c1ONO2. The van der Waals surface area contributed by atoms with Gasteiger partial charge >= 0.3 is 11.9 Å². The Labute approximate surface area is 137 Å². The second-order valence-electron chi connectivity index (χ2n) is 5.50. The minimum Gasteiger partial charge on any atom is -0.481 e. The standard InChI is InChI=1S/C16H16N2O6/c1-7-11(15(19)20)13(12(8(2)17-7)16(21)22-3)9-5-4-6-10-14(9)24-18-23-10/h4-6,11,13,18H,1-3H3,(H,19,20). The van der Waals surface area contributed by atoms with Crippen LogP contribution in [0.5, 0.6) is 11.5 Å². The highest BCUT2D eigenvalue weighted by Crippen LogP contribution is 2.46. The topological polar surface area (TPSA) is 106 Å². The van der Waals surface area contributed by atoms with Crippen molar-refractivity contribution in [1.29, 1.82) is 0 Å². The van der Waals surface area contributed by atoms with Crippen molar-refractivity contribution in [3.8, 4) is 11.5 Å². The minimum atomic E-state index is -1.08. The molecule has 2 aliphatic heterocycles. The Morgan fingerprint density at radius 2 is 2.04 bits per heavy atom. The van der Waals surface area contributed by atoms with Crippen molar-refractivity contribution >= 4 is 17.7 Å². The van der Waals surface area contributed by atoms with Crippen molar-refractivity contribution in [2.75, 3.05) is 7.11 Å². The van der Waals surface area contributed by atoms with Crippen molar-refractivity contribution in [1.82, 2.24) is 5.64 Å². The van der Waals surface area contributed by atoms with Gasteiger partial charge in [-0.2, -0.15) is 0 Å². The molecule has 8 heteroatoms. The maximum absolute atomic E-state index is 12.3. The zero-order valence-corrected chi connectivity index (χ0v) is 13.3. The van der Waals surface area contributed by atoms with Crippen LogP contribution >= 0.6 is 0 Å². The third-order valence-corrected chi connectivity index (χ3v) is 4.14. The van der Waals surface area contributed by atoms with Gasteiger partial charge in [0.1, 0.15) is 5.92 Å². The highest BCUT2D eigenvalue weighted by atomic mass is 16.9. The quantitative estimate of drug-likeness (QED) is 0.809. The number of aliphatic carboxylic acids is 1. The average Bonchev–Trinajstić information content (AvgIpc) is 3.01. The van der Waals surface area contributed by atoms with Gasteiger partial charge in [-0.1, -0.05) is 12.1 Å². The van der Waals surface area contributed by atoms with Gasteiger partial charge in [-0.25, -0.2) is 4.79 Å². The van der Waals surface area contributed by atoms with E-state index in [2.05, 4.69) is 10.6 Å². The lowest BCUT2D eigenvalue weighted by atomic mass is 9.75. The van der Waals surface area contributed by atoms with Crippen molar-refractivity contribution in [3.63, 3.8) is 0 Å². The largest absolute Gasteiger partial charge is 0.481 e. The van der Waals surface area contributed by atoms with E-state index in [1.54, 1.807) is 32.0 Å². The summed E-state index contributed by atoms with van der Waals surface area (Å²) in [6.45, 7) is 3.28. The second-order valence-corrected chi connectivity index (χ2v) is 5.50. The molecule has 2 N–H and O–H groups in total. The van der Waals surface area contributed by atoms with Gasteiger partial charge in [0.2, 0.25) is 0 Å². The Kier molecular flexibility index (Phi) is 3.98. The average molecular weight is 332 g/mol. The molecular formula is C16H16N2O6. The molecule has 1 aromatic rings. The second kappa shape index (κ2) is 5.97. The monoisotopic (exact) mass is 332 g/mol. The van der Waals surface area contributed by atoms with E-state index in [0.717, 1.165) is 0 Å². The fourth-order valence-corrected chi connectivity index (χ4v) is 3.14. The molecule has 24 heavy (non-hydrogen) atoms. The molecule has 0 aromatic heterocycles. The van der Waals surface area contributed by atoms with Crippen LogP contribution in [-0.4, -0.2) is 29.9 Å². The van der Waals surface area contributed by atoms with Crippen LogP contribution in [0, 0.1) is 5.92 Å². The summed E-state index contributed by atoms with van der Waals surface area (Å²) in [4.78, 5) is 38.8. The van der Waals surface area contributed by atoms with Gasteiger partial charge in [-0.15, -0.1) is 0 Å². The molecule has 0 aliphatic carbocycles. The lowest BCUT2D eigenvalue weighted by Crippen LogP contribution is -2.35. The number of ether oxygens (including phenoxy) is 1. The summed E-state index contributed by atoms with van der Waals surface area (Å²) in [5.41, 5.74) is 3.82. The van der Waals surface area contributed by atoms with E-state index < -0.39 is 23.8 Å². The molecule has 0 spiro atoms. The molecule has 0 saturated heterocycles. The number of allylic oxidation sites excluding steroid dienone is 1. The Morgan fingerprint density at radius 3 is 2.71 bits per heavy atom. The zero-order chi connectivity index (χ0) is 17.4. The van der Waals surface area contributed by atoms with Gasteiger partial charge < -0.3 is 19.5 Å². The number of nitrogens with zero attached hydrogens (tertiary/aromatic N) is 1. The number of nitrogens with one attached hydrogen (secondary N) is 1. The first-order valence-corrected chi connectivity index (χ1v) is 7.24. The normalized spacial score (nSPS) is 22.2. The number of hydrogen-bond donors (Lipinski definition) is 2. The van der Waals surface area contributed by atoms with Gasteiger partial charge in [0, 0.05) is 28.5 Å². The number of carbonyl (C=O) groups is 2. The molecule has 0 bridgehead atoms. The predicted molar refractivity (Wildman–Crippen MR) is 82.5 cm³/mol. The Morgan fingerprint density at radius 1 is 1.29 bits per heavy atom. The summed E-state index contributed by atoms with van der Waals surface area (Å²) in [5, 5.41) is 9.70. The number of carboxylic acid groups (broad SMARTS) is 1. The summed E-state index contributed by atoms with van der Waals surface area (Å²) in [6.07, 6.45) is 0. The van der Waals surface area contributed by atoms with E-state index in [1.807, 2.05) is 0 Å². The summed E-state index contributed by atoms with van der Waals surface area (Å²) >= 11 is 0. The van der Waals surface area contributed by atoms with Crippen molar-refractivity contribution < 1.29 is 29.1 Å². The van der Waals surface area contributed by atoms with Crippen molar-refractivity contribution in [2.45, 2.75) is 19.8 Å². The van der Waals surface area contributed by atoms with E-state index in [1.165, 1.54) is 7.11 Å². The molecule has 0 radical (unpaired) electrons. The van der Waals surface area contributed by atoms with Crippen LogP contribution in [-0.2, 0) is 14.3 Å². The highest BCUT2D eigenvalue weighted by molar-refractivity contribution is 6.06. The third kappa shape index (κ3) is 2.41. The molecule has 2 unspecified atom stereocenters. The number of methoxy groups -OCH3 is 1. The molecule has 126 valence electrons. The van der Waals surface area contributed by atoms with Crippen LogP contribution in [0.3, 0.4) is 0 Å². The van der Waals surface area contributed by atoms with Crippen LogP contribution < -0.4 is 15.3 Å².